The summed E-state index contributed by atoms with van der Waals surface area (Å²) in [6.07, 6.45) is 0. The SMILES string of the molecule is N#C[C@H]1N[C@H]1c1ccccc1. The van der Waals surface area contributed by atoms with Crippen molar-refractivity contribution < 1.29 is 0 Å². The van der Waals surface area contributed by atoms with E-state index < -0.39 is 0 Å². The molecule has 11 heavy (non-hydrogen) atoms. The monoisotopic (exact) mass is 144 g/mol. The largest absolute Gasteiger partial charge is 0.291 e. The Morgan fingerprint density at radius 1 is 1.27 bits per heavy atom. The Hall–Kier alpha value is -1.33. The zero-order valence-corrected chi connectivity index (χ0v) is 5.99. The summed E-state index contributed by atoms with van der Waals surface area (Å²) in [6.45, 7) is 0. The summed E-state index contributed by atoms with van der Waals surface area (Å²) in [6, 6.07) is 12.5. The average molecular weight is 144 g/mol. The van der Waals surface area contributed by atoms with E-state index in [1.807, 2.05) is 30.3 Å². The molecule has 1 heterocycles. The van der Waals surface area contributed by atoms with E-state index in [-0.39, 0.29) is 12.1 Å². The molecule has 1 aliphatic rings. The van der Waals surface area contributed by atoms with E-state index in [0.29, 0.717) is 0 Å². The van der Waals surface area contributed by atoms with Crippen molar-refractivity contribution in [1.82, 2.24) is 5.32 Å². The van der Waals surface area contributed by atoms with E-state index in [2.05, 4.69) is 11.4 Å². The van der Waals surface area contributed by atoms with Crippen molar-refractivity contribution in [2.24, 2.45) is 0 Å². The second kappa shape index (κ2) is 2.37. The van der Waals surface area contributed by atoms with Gasteiger partial charge in [0, 0.05) is 0 Å². The van der Waals surface area contributed by atoms with Crippen molar-refractivity contribution in [2.45, 2.75) is 12.1 Å². The zero-order chi connectivity index (χ0) is 7.68. The van der Waals surface area contributed by atoms with Gasteiger partial charge in [-0.3, -0.25) is 5.32 Å². The van der Waals surface area contributed by atoms with Crippen LogP contribution in [0.2, 0.25) is 0 Å². The fourth-order valence-electron chi connectivity index (χ4n) is 1.20. The highest BCUT2D eigenvalue weighted by Crippen LogP contribution is 2.28. The van der Waals surface area contributed by atoms with Gasteiger partial charge in [-0.1, -0.05) is 30.3 Å². The molecule has 2 heteroatoms. The molecule has 2 atom stereocenters. The summed E-state index contributed by atoms with van der Waals surface area (Å²) in [7, 11) is 0. The first-order chi connectivity index (χ1) is 5.42. The number of hydrogen-bond donors (Lipinski definition) is 1. The van der Waals surface area contributed by atoms with E-state index in [4.69, 9.17) is 5.26 Å². The minimum Gasteiger partial charge on any atom is -0.291 e. The summed E-state index contributed by atoms with van der Waals surface area (Å²) in [5, 5.41) is 11.6. The van der Waals surface area contributed by atoms with Gasteiger partial charge >= 0.3 is 0 Å². The third-order valence-electron chi connectivity index (χ3n) is 1.88. The van der Waals surface area contributed by atoms with Gasteiger partial charge in [0.05, 0.1) is 12.1 Å². The van der Waals surface area contributed by atoms with Gasteiger partial charge in [0.2, 0.25) is 0 Å². The fraction of sp³-hybridized carbons (Fsp3) is 0.222. The Morgan fingerprint density at radius 3 is 2.55 bits per heavy atom. The molecule has 1 fully saturated rings. The maximum absolute atomic E-state index is 8.53. The van der Waals surface area contributed by atoms with Crippen LogP contribution in [0.3, 0.4) is 0 Å². The van der Waals surface area contributed by atoms with Crippen LogP contribution in [-0.4, -0.2) is 6.04 Å². The Morgan fingerprint density at radius 2 is 2.00 bits per heavy atom. The van der Waals surface area contributed by atoms with Crippen LogP contribution in [0.4, 0.5) is 0 Å². The number of hydrogen-bond acceptors (Lipinski definition) is 2. The van der Waals surface area contributed by atoms with E-state index in [1.54, 1.807) is 0 Å². The van der Waals surface area contributed by atoms with Crippen molar-refractivity contribution in [3.8, 4) is 6.07 Å². The van der Waals surface area contributed by atoms with E-state index in [1.165, 1.54) is 5.56 Å². The molecule has 0 radical (unpaired) electrons. The van der Waals surface area contributed by atoms with Gasteiger partial charge < -0.3 is 0 Å². The minimum atomic E-state index is 0.0393. The second-order valence-electron chi connectivity index (χ2n) is 2.66. The van der Waals surface area contributed by atoms with Gasteiger partial charge in [0.25, 0.3) is 0 Å². The topological polar surface area (TPSA) is 45.7 Å². The van der Waals surface area contributed by atoms with Crippen LogP contribution in [0.25, 0.3) is 0 Å². The molecule has 0 saturated carbocycles. The van der Waals surface area contributed by atoms with Gasteiger partial charge in [-0.2, -0.15) is 5.26 Å². The lowest BCUT2D eigenvalue weighted by Gasteiger charge is -1.92. The van der Waals surface area contributed by atoms with Crippen LogP contribution in [-0.2, 0) is 0 Å². The third-order valence-corrected chi connectivity index (χ3v) is 1.88. The third kappa shape index (κ3) is 1.11. The average Bonchev–Trinajstić information content (AvgIpc) is 2.85. The van der Waals surface area contributed by atoms with Crippen molar-refractivity contribution in [2.75, 3.05) is 0 Å². The molecule has 0 aromatic heterocycles. The molecule has 1 N–H and O–H groups in total. The highest BCUT2D eigenvalue weighted by molar-refractivity contribution is 5.30. The molecule has 1 aliphatic heterocycles. The van der Waals surface area contributed by atoms with Crippen molar-refractivity contribution in [1.29, 1.82) is 5.26 Å². The molecular formula is C9H8N2. The predicted octanol–water partition coefficient (Wildman–Crippen LogP) is 1.22. The van der Waals surface area contributed by atoms with Gasteiger partial charge in [0.15, 0.2) is 0 Å². The van der Waals surface area contributed by atoms with Crippen molar-refractivity contribution in [3.63, 3.8) is 0 Å². The number of rotatable bonds is 1. The second-order valence-corrected chi connectivity index (χ2v) is 2.66. The lowest BCUT2D eigenvalue weighted by Crippen LogP contribution is -1.82. The maximum atomic E-state index is 8.53. The maximum Gasteiger partial charge on any atom is 0.116 e. The standard InChI is InChI=1S/C9H8N2/c10-6-8-9(11-8)7-4-2-1-3-5-7/h1-5,8-9,11H/t8-,9+/m1/s1. The highest BCUT2D eigenvalue weighted by atomic mass is 15.1. The molecule has 2 rings (SSSR count). The smallest absolute Gasteiger partial charge is 0.116 e. The first-order valence-corrected chi connectivity index (χ1v) is 3.62. The Bertz CT molecular complexity index is 286. The normalized spacial score (nSPS) is 27.5. The van der Waals surface area contributed by atoms with E-state index in [0.717, 1.165) is 0 Å². The molecule has 2 nitrogen and oxygen atoms in total. The van der Waals surface area contributed by atoms with Crippen LogP contribution in [0.1, 0.15) is 11.6 Å². The molecule has 0 amide bonds. The summed E-state index contributed by atoms with van der Waals surface area (Å²) >= 11 is 0. The van der Waals surface area contributed by atoms with Crippen LogP contribution < -0.4 is 5.32 Å². The first kappa shape index (κ1) is 6.38. The van der Waals surface area contributed by atoms with Gasteiger partial charge in [-0.05, 0) is 5.56 Å². The molecule has 1 saturated heterocycles. The summed E-state index contributed by atoms with van der Waals surface area (Å²) in [4.78, 5) is 0. The van der Waals surface area contributed by atoms with Crippen molar-refractivity contribution in [3.05, 3.63) is 35.9 Å². The lowest BCUT2D eigenvalue weighted by atomic mass is 10.1. The molecule has 0 spiro atoms. The van der Waals surface area contributed by atoms with Crippen LogP contribution in [0.15, 0.2) is 30.3 Å². The molecule has 0 aliphatic carbocycles. The Balaban J connectivity index is 2.16. The number of nitrogens with zero attached hydrogens (tertiary/aromatic N) is 1. The number of nitrogens with one attached hydrogen (secondary N) is 1. The Kier molecular flexibility index (Phi) is 1.38. The molecule has 0 unspecified atom stereocenters. The molecule has 0 bridgehead atoms. The number of nitriles is 1. The fourth-order valence-corrected chi connectivity index (χ4v) is 1.20. The van der Waals surface area contributed by atoms with Gasteiger partial charge in [0.1, 0.15) is 6.04 Å². The lowest BCUT2D eigenvalue weighted by molar-refractivity contribution is 1.07. The quantitative estimate of drug-likeness (QED) is 0.602. The number of benzene rings is 1. The van der Waals surface area contributed by atoms with Gasteiger partial charge in [-0.25, -0.2) is 0 Å². The predicted molar refractivity (Wildman–Crippen MR) is 41.7 cm³/mol. The molecule has 1 aromatic rings. The zero-order valence-electron chi connectivity index (χ0n) is 5.99. The summed E-state index contributed by atoms with van der Waals surface area (Å²) in [5.41, 5.74) is 1.21. The Labute approximate surface area is 65.5 Å². The minimum absolute atomic E-state index is 0.0393. The first-order valence-electron chi connectivity index (χ1n) is 3.62. The van der Waals surface area contributed by atoms with Gasteiger partial charge in [-0.15, -0.1) is 0 Å². The molecule has 1 aromatic carbocycles. The van der Waals surface area contributed by atoms with Crippen LogP contribution >= 0.6 is 0 Å². The van der Waals surface area contributed by atoms with E-state index >= 15 is 0 Å². The van der Waals surface area contributed by atoms with Crippen molar-refractivity contribution >= 4 is 0 Å². The van der Waals surface area contributed by atoms with E-state index in [9.17, 15) is 0 Å². The summed E-state index contributed by atoms with van der Waals surface area (Å²) < 4.78 is 0. The summed E-state index contributed by atoms with van der Waals surface area (Å²) in [5.74, 6) is 0. The molecular weight excluding hydrogens is 136 g/mol. The highest BCUT2D eigenvalue weighted by Gasteiger charge is 2.37. The van der Waals surface area contributed by atoms with Crippen LogP contribution in [0.5, 0.6) is 0 Å². The van der Waals surface area contributed by atoms with Crippen LogP contribution in [0, 0.1) is 11.3 Å². The molecule has 54 valence electrons.